The fourth-order valence-electron chi connectivity index (χ4n) is 3.75. The number of carbonyl (C=O) groups is 2. The van der Waals surface area contributed by atoms with E-state index < -0.39 is 5.54 Å². The summed E-state index contributed by atoms with van der Waals surface area (Å²) < 4.78 is 0. The Morgan fingerprint density at radius 2 is 2.12 bits per heavy atom. The minimum absolute atomic E-state index is 0.146. The fraction of sp³-hybridized carbons (Fsp3) is 0.278. The van der Waals surface area contributed by atoms with E-state index in [1.807, 2.05) is 33.7 Å². The number of rotatable bonds is 3. The molecule has 1 aliphatic carbocycles. The van der Waals surface area contributed by atoms with Crippen molar-refractivity contribution in [1.29, 1.82) is 0 Å². The van der Waals surface area contributed by atoms with Gasteiger partial charge in [0.2, 0.25) is 0 Å². The summed E-state index contributed by atoms with van der Waals surface area (Å²) in [5.41, 5.74) is 1.93. The molecule has 5 rings (SSSR count). The van der Waals surface area contributed by atoms with Crippen molar-refractivity contribution >= 4 is 45.9 Å². The van der Waals surface area contributed by atoms with Crippen molar-refractivity contribution in [3.05, 3.63) is 49.8 Å². The van der Waals surface area contributed by atoms with Crippen LogP contribution in [-0.4, -0.2) is 21.8 Å². The summed E-state index contributed by atoms with van der Waals surface area (Å²) in [5, 5.41) is 11.9. The Balaban J connectivity index is 1.43. The Hall–Kier alpha value is -2.03. The summed E-state index contributed by atoms with van der Waals surface area (Å²) in [7, 11) is 0. The van der Waals surface area contributed by atoms with Crippen molar-refractivity contribution in [2.75, 3.05) is 0 Å². The van der Waals surface area contributed by atoms with Crippen LogP contribution in [0.25, 0.3) is 10.6 Å². The number of imide groups is 1. The molecule has 0 saturated carbocycles. The topological polar surface area (TPSA) is 62.3 Å². The molecule has 0 radical (unpaired) electrons. The number of hydrogen-bond donors (Lipinski definition) is 1. The van der Waals surface area contributed by atoms with Gasteiger partial charge >= 0.3 is 6.03 Å². The molecule has 3 aromatic heterocycles. The molecular weight excluding hydrogens is 386 g/mol. The van der Waals surface area contributed by atoms with Gasteiger partial charge in [0.25, 0.3) is 5.91 Å². The zero-order chi connectivity index (χ0) is 17.7. The van der Waals surface area contributed by atoms with Crippen molar-refractivity contribution in [3.8, 4) is 10.6 Å². The molecule has 1 saturated heterocycles. The van der Waals surface area contributed by atoms with Gasteiger partial charge in [-0.3, -0.25) is 9.69 Å². The first-order chi connectivity index (χ1) is 12.7. The number of nitrogens with zero attached hydrogens (tertiary/aromatic N) is 2. The molecule has 26 heavy (non-hydrogen) atoms. The molecule has 2 aliphatic rings. The molecule has 1 spiro atoms. The van der Waals surface area contributed by atoms with Crippen molar-refractivity contribution < 1.29 is 9.59 Å². The average Bonchev–Trinajstić information content (AvgIpc) is 3.41. The van der Waals surface area contributed by atoms with Gasteiger partial charge in [0.15, 0.2) is 0 Å². The number of aromatic nitrogens is 1. The van der Waals surface area contributed by atoms with Gasteiger partial charge in [-0.25, -0.2) is 9.78 Å². The highest BCUT2D eigenvalue weighted by atomic mass is 32.1. The molecule has 0 aromatic carbocycles. The number of thiazole rings is 1. The summed E-state index contributed by atoms with van der Waals surface area (Å²) in [6.45, 7) is 0.215. The zero-order valence-corrected chi connectivity index (χ0v) is 16.2. The lowest BCUT2D eigenvalue weighted by atomic mass is 9.80. The van der Waals surface area contributed by atoms with Gasteiger partial charge in [-0.2, -0.15) is 11.3 Å². The third-order valence-electron chi connectivity index (χ3n) is 4.98. The van der Waals surface area contributed by atoms with Gasteiger partial charge in [-0.15, -0.1) is 22.7 Å². The molecule has 5 nitrogen and oxygen atoms in total. The monoisotopic (exact) mass is 401 g/mol. The first-order valence-corrected chi connectivity index (χ1v) is 11.1. The van der Waals surface area contributed by atoms with Gasteiger partial charge in [0.05, 0.1) is 12.2 Å². The maximum absolute atomic E-state index is 13.2. The zero-order valence-electron chi connectivity index (χ0n) is 13.7. The molecule has 3 amide bonds. The van der Waals surface area contributed by atoms with E-state index in [0.29, 0.717) is 6.42 Å². The molecule has 1 N–H and O–H groups in total. The Bertz CT molecular complexity index is 991. The maximum Gasteiger partial charge on any atom is 0.325 e. The van der Waals surface area contributed by atoms with Crippen LogP contribution >= 0.6 is 34.0 Å². The number of thiophene rings is 2. The first kappa shape index (κ1) is 16.2. The summed E-state index contributed by atoms with van der Waals surface area (Å²) >= 11 is 4.83. The van der Waals surface area contributed by atoms with Crippen molar-refractivity contribution in [2.45, 2.75) is 31.3 Å². The molecule has 0 unspecified atom stereocenters. The Kier molecular flexibility index (Phi) is 3.73. The van der Waals surface area contributed by atoms with Crippen LogP contribution in [0.3, 0.4) is 0 Å². The van der Waals surface area contributed by atoms with Gasteiger partial charge in [-0.05, 0) is 42.2 Å². The lowest BCUT2D eigenvalue weighted by Gasteiger charge is -2.31. The van der Waals surface area contributed by atoms with Crippen LogP contribution in [-0.2, 0) is 23.3 Å². The second-order valence-electron chi connectivity index (χ2n) is 6.49. The van der Waals surface area contributed by atoms with Crippen LogP contribution in [0.5, 0.6) is 0 Å². The highest BCUT2D eigenvalue weighted by molar-refractivity contribution is 7.14. The lowest BCUT2D eigenvalue weighted by molar-refractivity contribution is -0.132. The first-order valence-electron chi connectivity index (χ1n) is 8.35. The number of amides is 3. The van der Waals surface area contributed by atoms with Gasteiger partial charge in [-0.1, -0.05) is 0 Å². The Morgan fingerprint density at radius 1 is 1.19 bits per heavy atom. The summed E-state index contributed by atoms with van der Waals surface area (Å²) in [6, 6.07) is 3.69. The van der Waals surface area contributed by atoms with Crippen molar-refractivity contribution in [2.24, 2.45) is 0 Å². The van der Waals surface area contributed by atoms with Gasteiger partial charge in [0.1, 0.15) is 10.5 Å². The third-order valence-corrected chi connectivity index (χ3v) is 7.58. The molecule has 1 fully saturated rings. The van der Waals surface area contributed by atoms with Crippen molar-refractivity contribution in [1.82, 2.24) is 15.2 Å². The van der Waals surface area contributed by atoms with Crippen LogP contribution in [0.4, 0.5) is 4.79 Å². The van der Waals surface area contributed by atoms with Crippen LogP contribution in [0.1, 0.15) is 29.0 Å². The normalized spacial score (nSPS) is 22.1. The average molecular weight is 402 g/mol. The molecule has 1 aliphatic heterocycles. The van der Waals surface area contributed by atoms with E-state index in [4.69, 9.17) is 0 Å². The van der Waals surface area contributed by atoms with Crippen LogP contribution in [0, 0.1) is 0 Å². The molecule has 132 valence electrons. The predicted octanol–water partition coefficient (Wildman–Crippen LogP) is 4.22. The summed E-state index contributed by atoms with van der Waals surface area (Å²) in [5.74, 6) is -0.146. The second-order valence-corrected chi connectivity index (χ2v) is 9.13. The number of carbonyl (C=O) groups excluding carboxylic acids is 2. The van der Waals surface area contributed by atoms with E-state index in [-0.39, 0.29) is 18.5 Å². The summed E-state index contributed by atoms with van der Waals surface area (Å²) in [6.07, 6.45) is 2.55. The lowest BCUT2D eigenvalue weighted by Crippen LogP contribution is -2.46. The Labute approximate surface area is 162 Å². The number of fused-ring (bicyclic) bond motifs is 2. The molecule has 8 heteroatoms. The number of hydrogen-bond acceptors (Lipinski definition) is 6. The number of urea groups is 1. The minimum Gasteiger partial charge on any atom is -0.319 e. The second kappa shape index (κ2) is 6.00. The molecule has 3 aromatic rings. The number of nitrogens with one attached hydrogen (secondary N) is 1. The largest absolute Gasteiger partial charge is 0.325 e. The number of aryl methyl sites for hydroxylation is 1. The van der Waals surface area contributed by atoms with Crippen LogP contribution in [0.15, 0.2) is 33.7 Å². The third kappa shape index (κ3) is 2.36. The van der Waals surface area contributed by atoms with E-state index in [1.54, 1.807) is 22.7 Å². The fourth-order valence-corrected chi connectivity index (χ4v) is 6.27. The van der Waals surface area contributed by atoms with Crippen LogP contribution < -0.4 is 5.32 Å². The van der Waals surface area contributed by atoms with E-state index in [0.717, 1.165) is 34.7 Å². The predicted molar refractivity (Wildman–Crippen MR) is 103 cm³/mol. The summed E-state index contributed by atoms with van der Waals surface area (Å²) in [4.78, 5) is 33.0. The minimum atomic E-state index is -0.878. The molecule has 0 bridgehead atoms. The quantitative estimate of drug-likeness (QED) is 0.669. The van der Waals surface area contributed by atoms with E-state index >= 15 is 0 Å². The highest BCUT2D eigenvalue weighted by Crippen LogP contribution is 2.42. The van der Waals surface area contributed by atoms with E-state index in [9.17, 15) is 9.59 Å². The SMILES string of the molecule is O=C1N[C@]2(CCCc3sccc32)C(=O)N1Cc1csc(-c2ccsc2)n1. The maximum atomic E-state index is 13.2. The van der Waals surface area contributed by atoms with E-state index in [1.165, 1.54) is 21.1 Å². The van der Waals surface area contributed by atoms with E-state index in [2.05, 4.69) is 10.3 Å². The Morgan fingerprint density at radius 3 is 2.96 bits per heavy atom. The highest BCUT2D eigenvalue weighted by Gasteiger charge is 2.54. The molecule has 1 atom stereocenters. The smallest absolute Gasteiger partial charge is 0.319 e. The van der Waals surface area contributed by atoms with Crippen molar-refractivity contribution in [3.63, 3.8) is 0 Å². The van der Waals surface area contributed by atoms with Gasteiger partial charge < -0.3 is 5.32 Å². The molecule has 4 heterocycles. The standard InChI is InChI=1S/C18H15N3O2S3/c22-16-18(5-1-2-14-13(18)4-7-25-14)20-17(23)21(16)8-12-10-26-15(19-12)11-3-6-24-9-11/h3-4,6-7,9-10H,1-2,5,8H2,(H,20,23)/t18-/m0/s1. The molecular formula is C18H15N3O2S3. The van der Waals surface area contributed by atoms with Crippen LogP contribution in [0.2, 0.25) is 0 Å². The van der Waals surface area contributed by atoms with Gasteiger partial charge in [0, 0.05) is 26.8 Å².